The first-order valence-electron chi connectivity index (χ1n) is 8.57. The van der Waals surface area contributed by atoms with E-state index in [1.54, 1.807) is 17.9 Å². The molecule has 1 saturated heterocycles. The van der Waals surface area contributed by atoms with Crippen molar-refractivity contribution in [2.45, 2.75) is 25.4 Å². The molecule has 1 unspecified atom stereocenters. The van der Waals surface area contributed by atoms with Gasteiger partial charge in [0.2, 0.25) is 5.91 Å². The van der Waals surface area contributed by atoms with Crippen molar-refractivity contribution in [1.29, 1.82) is 0 Å². The van der Waals surface area contributed by atoms with Crippen LogP contribution in [0.5, 0.6) is 11.5 Å². The summed E-state index contributed by atoms with van der Waals surface area (Å²) in [5.41, 5.74) is 2.40. The first-order chi connectivity index (χ1) is 13.1. The van der Waals surface area contributed by atoms with E-state index in [0.717, 1.165) is 5.56 Å². The molecule has 0 saturated carbocycles. The number of ether oxygens (including phenoxy) is 1. The van der Waals surface area contributed by atoms with E-state index in [-0.39, 0.29) is 30.2 Å². The van der Waals surface area contributed by atoms with Crippen LogP contribution in [-0.2, 0) is 17.9 Å². The van der Waals surface area contributed by atoms with Crippen LogP contribution in [0.1, 0.15) is 27.8 Å². The minimum absolute atomic E-state index is 0.0150. The number of amides is 1. The highest BCUT2D eigenvalue weighted by Crippen LogP contribution is 2.44. The lowest BCUT2D eigenvalue weighted by Crippen LogP contribution is -2.28. The number of nitrogens with zero attached hydrogens (tertiary/aromatic N) is 2. The number of aromatic nitrogens is 1. The van der Waals surface area contributed by atoms with Gasteiger partial charge in [-0.25, -0.2) is 0 Å². The van der Waals surface area contributed by atoms with E-state index in [4.69, 9.17) is 4.74 Å². The highest BCUT2D eigenvalue weighted by molar-refractivity contribution is 8.00. The highest BCUT2D eigenvalue weighted by Gasteiger charge is 2.35. The van der Waals surface area contributed by atoms with Crippen molar-refractivity contribution in [3.63, 3.8) is 0 Å². The van der Waals surface area contributed by atoms with Gasteiger partial charge in [0.05, 0.1) is 24.6 Å². The summed E-state index contributed by atoms with van der Waals surface area (Å²) < 4.78 is 5.75. The van der Waals surface area contributed by atoms with Crippen LogP contribution in [0.25, 0.3) is 0 Å². The summed E-state index contributed by atoms with van der Waals surface area (Å²) in [6.45, 7) is 5.67. The largest absolute Gasteiger partial charge is 0.506 e. The average molecular weight is 386 g/mol. The van der Waals surface area contributed by atoms with Crippen LogP contribution in [-0.4, -0.2) is 38.4 Å². The molecule has 1 aliphatic heterocycles. The molecule has 2 aromatic rings. The van der Waals surface area contributed by atoms with Crippen molar-refractivity contribution in [1.82, 2.24) is 9.88 Å². The van der Waals surface area contributed by atoms with Crippen LogP contribution >= 0.6 is 11.8 Å². The highest BCUT2D eigenvalue weighted by atomic mass is 32.2. The molecular weight excluding hydrogens is 364 g/mol. The number of benzene rings is 1. The summed E-state index contributed by atoms with van der Waals surface area (Å²) in [5.74, 6) is 1.04. The van der Waals surface area contributed by atoms with Crippen LogP contribution < -0.4 is 4.74 Å². The minimum atomic E-state index is -0.255. The van der Waals surface area contributed by atoms with E-state index in [0.29, 0.717) is 34.9 Å². The van der Waals surface area contributed by atoms with Crippen LogP contribution in [0.3, 0.4) is 0 Å². The molecule has 1 fully saturated rings. The maximum atomic E-state index is 12.6. The van der Waals surface area contributed by atoms with Gasteiger partial charge in [-0.15, -0.1) is 11.8 Å². The number of carbonyl (C=O) groups excluding carboxylic acids is 1. The van der Waals surface area contributed by atoms with Crippen molar-refractivity contribution in [2.75, 3.05) is 12.4 Å². The molecule has 1 aromatic carbocycles. The molecular formula is C20H22N2O4S. The molecule has 1 amide bonds. The monoisotopic (exact) mass is 386 g/mol. The second-order valence-corrected chi connectivity index (χ2v) is 7.25. The lowest BCUT2D eigenvalue weighted by atomic mass is 10.1. The Morgan fingerprint density at radius 3 is 2.96 bits per heavy atom. The Bertz CT molecular complexity index is 856. The summed E-state index contributed by atoms with van der Waals surface area (Å²) in [7, 11) is 0. The topological polar surface area (TPSA) is 82.9 Å². The third-order valence-corrected chi connectivity index (χ3v) is 5.68. The SMILES string of the molecule is C=CCOc1ccccc1C1SCC(=O)N1Cc1c(CO)cnc(C)c1O. The number of rotatable bonds is 7. The molecule has 2 N–H and O–H groups in total. The number of aryl methyl sites for hydroxylation is 1. The van der Waals surface area contributed by atoms with E-state index in [2.05, 4.69) is 11.6 Å². The molecule has 6 nitrogen and oxygen atoms in total. The maximum Gasteiger partial charge on any atom is 0.234 e. The van der Waals surface area contributed by atoms with E-state index >= 15 is 0 Å². The third-order valence-electron chi connectivity index (χ3n) is 4.44. The van der Waals surface area contributed by atoms with Gasteiger partial charge >= 0.3 is 0 Å². The van der Waals surface area contributed by atoms with E-state index in [9.17, 15) is 15.0 Å². The molecule has 3 rings (SSSR count). The Kier molecular flexibility index (Phi) is 6.03. The Hall–Kier alpha value is -2.51. The van der Waals surface area contributed by atoms with Crippen molar-refractivity contribution in [2.24, 2.45) is 0 Å². The quantitative estimate of drug-likeness (QED) is 0.712. The molecule has 0 spiro atoms. The first kappa shape index (κ1) is 19.3. The number of aliphatic hydroxyl groups excluding tert-OH is 1. The molecule has 0 aliphatic carbocycles. The fourth-order valence-corrected chi connectivity index (χ4v) is 4.23. The van der Waals surface area contributed by atoms with Crippen molar-refractivity contribution in [3.05, 3.63) is 65.5 Å². The zero-order chi connectivity index (χ0) is 19.4. The van der Waals surface area contributed by atoms with E-state index in [1.807, 2.05) is 24.3 Å². The lowest BCUT2D eigenvalue weighted by Gasteiger charge is -2.27. The van der Waals surface area contributed by atoms with Crippen molar-refractivity contribution >= 4 is 17.7 Å². The van der Waals surface area contributed by atoms with Gasteiger partial charge in [0, 0.05) is 22.9 Å². The van der Waals surface area contributed by atoms with Gasteiger partial charge in [0.1, 0.15) is 23.5 Å². The summed E-state index contributed by atoms with van der Waals surface area (Å²) in [6, 6.07) is 7.60. The Morgan fingerprint density at radius 1 is 1.44 bits per heavy atom. The fraction of sp³-hybridized carbons (Fsp3) is 0.300. The predicted molar refractivity (Wildman–Crippen MR) is 104 cm³/mol. The van der Waals surface area contributed by atoms with Gasteiger partial charge in [0.15, 0.2) is 0 Å². The number of thioether (sulfide) groups is 1. The maximum absolute atomic E-state index is 12.6. The number of aromatic hydroxyl groups is 1. The molecule has 1 atom stereocenters. The van der Waals surface area contributed by atoms with Crippen LogP contribution in [0, 0.1) is 6.92 Å². The second-order valence-electron chi connectivity index (χ2n) is 6.18. The molecule has 142 valence electrons. The summed E-state index contributed by atoms with van der Waals surface area (Å²) in [5, 5.41) is 19.8. The van der Waals surface area contributed by atoms with Gasteiger partial charge < -0.3 is 19.8 Å². The zero-order valence-corrected chi connectivity index (χ0v) is 15.9. The molecule has 0 radical (unpaired) electrons. The van der Waals surface area contributed by atoms with Crippen molar-refractivity contribution in [3.8, 4) is 11.5 Å². The van der Waals surface area contributed by atoms with Crippen LogP contribution in [0.15, 0.2) is 43.1 Å². The predicted octanol–water partition coefficient (Wildman–Crippen LogP) is 2.93. The standard InChI is InChI=1S/C20H22N2O4S/c1-3-8-26-17-7-5-4-6-15(17)20-22(18(24)12-27-20)10-16-14(11-23)9-21-13(2)19(16)25/h3-7,9,20,23,25H,1,8,10-12H2,2H3. The number of carbonyl (C=O) groups is 1. The van der Waals surface area contributed by atoms with E-state index < -0.39 is 0 Å². The fourth-order valence-electron chi connectivity index (χ4n) is 3.01. The number of hydrogen-bond acceptors (Lipinski definition) is 6. The van der Waals surface area contributed by atoms with Crippen LogP contribution in [0.2, 0.25) is 0 Å². The third kappa shape index (κ3) is 3.94. The van der Waals surface area contributed by atoms with Gasteiger partial charge in [-0.2, -0.15) is 0 Å². The van der Waals surface area contributed by atoms with Crippen molar-refractivity contribution < 1.29 is 19.7 Å². The number of pyridine rings is 1. The molecule has 7 heteroatoms. The lowest BCUT2D eigenvalue weighted by molar-refractivity contribution is -0.128. The molecule has 27 heavy (non-hydrogen) atoms. The molecule has 0 bridgehead atoms. The Morgan fingerprint density at radius 2 is 2.22 bits per heavy atom. The van der Waals surface area contributed by atoms with Gasteiger partial charge in [-0.3, -0.25) is 9.78 Å². The smallest absolute Gasteiger partial charge is 0.234 e. The van der Waals surface area contributed by atoms with Gasteiger partial charge in [-0.05, 0) is 13.0 Å². The zero-order valence-electron chi connectivity index (χ0n) is 15.1. The van der Waals surface area contributed by atoms with Gasteiger partial charge in [0.25, 0.3) is 0 Å². The number of hydrogen-bond donors (Lipinski definition) is 2. The normalized spacial score (nSPS) is 16.6. The average Bonchev–Trinajstić information content (AvgIpc) is 3.04. The summed E-state index contributed by atoms with van der Waals surface area (Å²) in [4.78, 5) is 18.4. The molecule has 1 aromatic heterocycles. The van der Waals surface area contributed by atoms with Gasteiger partial charge in [-0.1, -0.05) is 30.9 Å². The number of aliphatic hydroxyl groups is 1. The Balaban J connectivity index is 1.95. The Labute approximate surface area is 162 Å². The molecule has 2 heterocycles. The minimum Gasteiger partial charge on any atom is -0.506 e. The number of para-hydroxylation sites is 1. The molecule has 1 aliphatic rings. The second kappa shape index (κ2) is 8.45. The first-order valence-corrected chi connectivity index (χ1v) is 9.62. The summed E-state index contributed by atoms with van der Waals surface area (Å²) in [6.07, 6.45) is 3.21. The summed E-state index contributed by atoms with van der Waals surface area (Å²) >= 11 is 1.51. The van der Waals surface area contributed by atoms with Crippen LogP contribution in [0.4, 0.5) is 0 Å². The van der Waals surface area contributed by atoms with E-state index in [1.165, 1.54) is 18.0 Å².